The molecule has 110 valence electrons. The van der Waals surface area contributed by atoms with Crippen LogP contribution in [0.2, 0.25) is 0 Å². The number of nitrogens with zero attached hydrogens (tertiary/aromatic N) is 1. The molecule has 0 unspecified atom stereocenters. The molecule has 0 spiro atoms. The molecule has 0 fully saturated rings. The van der Waals surface area contributed by atoms with Crippen LogP contribution in [0.15, 0.2) is 24.3 Å². The van der Waals surface area contributed by atoms with Gasteiger partial charge in [0.2, 0.25) is 5.91 Å². The molecule has 0 bridgehead atoms. The lowest BCUT2D eigenvalue weighted by atomic mass is 10.2. The van der Waals surface area contributed by atoms with Crippen molar-refractivity contribution in [2.75, 3.05) is 26.7 Å². The van der Waals surface area contributed by atoms with Crippen LogP contribution >= 0.6 is 0 Å². The number of hydrogen-bond donors (Lipinski definition) is 1. The molecular weight excluding hydrogens is 256 g/mol. The standard InChI is InChI=1S/C15H22N2O3/c1-12-7-4-5-8-14(12)20-11-15(19)17(3)10-6-9-16-13(2)18/h4-5,7-8H,6,9-11H2,1-3H3,(H,16,18). The summed E-state index contributed by atoms with van der Waals surface area (Å²) in [6.07, 6.45) is 0.728. The summed E-state index contributed by atoms with van der Waals surface area (Å²) in [6, 6.07) is 7.60. The first-order valence-electron chi connectivity index (χ1n) is 6.67. The minimum Gasteiger partial charge on any atom is -0.484 e. The second-order valence-corrected chi connectivity index (χ2v) is 4.71. The fourth-order valence-electron chi connectivity index (χ4n) is 1.67. The molecule has 0 aliphatic heterocycles. The molecule has 2 amide bonds. The fourth-order valence-corrected chi connectivity index (χ4v) is 1.67. The van der Waals surface area contributed by atoms with Crippen LogP contribution < -0.4 is 10.1 Å². The highest BCUT2D eigenvalue weighted by Crippen LogP contribution is 2.15. The highest BCUT2D eigenvalue weighted by atomic mass is 16.5. The van der Waals surface area contributed by atoms with Gasteiger partial charge in [0.1, 0.15) is 5.75 Å². The van der Waals surface area contributed by atoms with Gasteiger partial charge < -0.3 is 15.0 Å². The lowest BCUT2D eigenvalue weighted by Crippen LogP contribution is -2.34. The zero-order valence-corrected chi connectivity index (χ0v) is 12.3. The monoisotopic (exact) mass is 278 g/mol. The second-order valence-electron chi connectivity index (χ2n) is 4.71. The smallest absolute Gasteiger partial charge is 0.260 e. The van der Waals surface area contributed by atoms with Crippen LogP contribution in [0.4, 0.5) is 0 Å². The number of nitrogens with one attached hydrogen (secondary N) is 1. The number of rotatable bonds is 7. The molecule has 0 aliphatic rings. The number of hydrogen-bond acceptors (Lipinski definition) is 3. The molecule has 0 saturated carbocycles. The van der Waals surface area contributed by atoms with Crippen molar-refractivity contribution in [3.8, 4) is 5.75 Å². The molecule has 20 heavy (non-hydrogen) atoms. The van der Waals surface area contributed by atoms with Crippen LogP contribution in [-0.2, 0) is 9.59 Å². The van der Waals surface area contributed by atoms with E-state index in [9.17, 15) is 9.59 Å². The van der Waals surface area contributed by atoms with Crippen molar-refractivity contribution in [3.63, 3.8) is 0 Å². The zero-order chi connectivity index (χ0) is 15.0. The maximum absolute atomic E-state index is 11.9. The minimum atomic E-state index is -0.0731. The van der Waals surface area contributed by atoms with Gasteiger partial charge in [-0.25, -0.2) is 0 Å². The van der Waals surface area contributed by atoms with Crippen LogP contribution in [-0.4, -0.2) is 43.5 Å². The lowest BCUT2D eigenvalue weighted by molar-refractivity contribution is -0.132. The van der Waals surface area contributed by atoms with Crippen LogP contribution in [0.5, 0.6) is 5.75 Å². The summed E-state index contributed by atoms with van der Waals surface area (Å²) in [5.41, 5.74) is 1.01. The third kappa shape index (κ3) is 5.73. The Kier molecular flexibility index (Phi) is 6.56. The maximum atomic E-state index is 11.9. The third-order valence-corrected chi connectivity index (χ3v) is 2.91. The van der Waals surface area contributed by atoms with Gasteiger partial charge in [-0.2, -0.15) is 0 Å². The normalized spacial score (nSPS) is 9.95. The van der Waals surface area contributed by atoms with Gasteiger partial charge in [0.05, 0.1) is 0 Å². The summed E-state index contributed by atoms with van der Waals surface area (Å²) in [7, 11) is 1.73. The molecule has 1 aromatic rings. The van der Waals surface area contributed by atoms with Crippen molar-refractivity contribution in [3.05, 3.63) is 29.8 Å². The summed E-state index contributed by atoms with van der Waals surface area (Å²) < 4.78 is 5.50. The van der Waals surface area contributed by atoms with Gasteiger partial charge in [-0.15, -0.1) is 0 Å². The molecule has 0 atom stereocenters. The largest absolute Gasteiger partial charge is 0.484 e. The first-order chi connectivity index (χ1) is 9.50. The van der Waals surface area contributed by atoms with E-state index in [4.69, 9.17) is 4.74 Å². The molecule has 0 aliphatic carbocycles. The molecule has 1 N–H and O–H groups in total. The topological polar surface area (TPSA) is 58.6 Å². The van der Waals surface area contributed by atoms with Crippen LogP contribution in [0, 0.1) is 6.92 Å². The second kappa shape index (κ2) is 8.19. The van der Waals surface area contributed by atoms with E-state index in [-0.39, 0.29) is 18.4 Å². The molecule has 0 aromatic heterocycles. The quantitative estimate of drug-likeness (QED) is 0.766. The van der Waals surface area contributed by atoms with E-state index < -0.39 is 0 Å². The van der Waals surface area contributed by atoms with Gasteiger partial charge >= 0.3 is 0 Å². The maximum Gasteiger partial charge on any atom is 0.260 e. The lowest BCUT2D eigenvalue weighted by Gasteiger charge is -2.18. The molecular formula is C15H22N2O3. The molecule has 1 rings (SSSR count). The highest BCUT2D eigenvalue weighted by molar-refractivity contribution is 5.77. The molecule has 1 aromatic carbocycles. The predicted molar refractivity (Wildman–Crippen MR) is 77.6 cm³/mol. The Balaban J connectivity index is 2.28. The van der Waals surface area contributed by atoms with E-state index in [1.807, 2.05) is 31.2 Å². The van der Waals surface area contributed by atoms with Crippen molar-refractivity contribution in [1.82, 2.24) is 10.2 Å². The Morgan fingerprint density at radius 1 is 1.30 bits per heavy atom. The molecule has 0 heterocycles. The number of likely N-dealkylation sites (N-methyl/N-ethyl adjacent to an activating group) is 1. The fraction of sp³-hybridized carbons (Fsp3) is 0.467. The molecule has 0 radical (unpaired) electrons. The average molecular weight is 278 g/mol. The Hall–Kier alpha value is -2.04. The third-order valence-electron chi connectivity index (χ3n) is 2.91. The number of para-hydroxylation sites is 1. The highest BCUT2D eigenvalue weighted by Gasteiger charge is 2.09. The van der Waals surface area contributed by atoms with Gasteiger partial charge in [-0.3, -0.25) is 9.59 Å². The van der Waals surface area contributed by atoms with E-state index in [1.165, 1.54) is 6.92 Å². The van der Waals surface area contributed by atoms with E-state index in [1.54, 1.807) is 11.9 Å². The Morgan fingerprint density at radius 3 is 2.65 bits per heavy atom. The van der Waals surface area contributed by atoms with Crippen LogP contribution in [0.1, 0.15) is 18.9 Å². The minimum absolute atomic E-state index is 0.0293. The van der Waals surface area contributed by atoms with E-state index in [0.29, 0.717) is 13.1 Å². The summed E-state index contributed by atoms with van der Waals surface area (Å²) in [5.74, 6) is 0.602. The van der Waals surface area contributed by atoms with E-state index >= 15 is 0 Å². The Labute approximate surface area is 119 Å². The number of carbonyl (C=O) groups excluding carboxylic acids is 2. The molecule has 5 heteroatoms. The SMILES string of the molecule is CC(=O)NCCCN(C)C(=O)COc1ccccc1C. The number of amides is 2. The van der Waals surface area contributed by atoms with Gasteiger partial charge in [-0.05, 0) is 25.0 Å². The van der Waals surface area contributed by atoms with Gasteiger partial charge in [0.25, 0.3) is 5.91 Å². The van der Waals surface area contributed by atoms with Crippen LogP contribution in [0.25, 0.3) is 0 Å². The summed E-state index contributed by atoms with van der Waals surface area (Å²) >= 11 is 0. The van der Waals surface area contributed by atoms with E-state index in [0.717, 1.165) is 17.7 Å². The number of carbonyl (C=O) groups is 2. The zero-order valence-electron chi connectivity index (χ0n) is 12.3. The average Bonchev–Trinajstić information content (AvgIpc) is 2.42. The Morgan fingerprint density at radius 2 is 2.00 bits per heavy atom. The number of ether oxygens (including phenoxy) is 1. The summed E-state index contributed by atoms with van der Waals surface area (Å²) in [6.45, 7) is 4.62. The summed E-state index contributed by atoms with van der Waals surface area (Å²) in [5, 5.41) is 2.70. The van der Waals surface area contributed by atoms with Crippen molar-refractivity contribution < 1.29 is 14.3 Å². The first kappa shape index (κ1) is 16.0. The number of benzene rings is 1. The van der Waals surface area contributed by atoms with Gasteiger partial charge in [0.15, 0.2) is 6.61 Å². The predicted octanol–water partition coefficient (Wildman–Crippen LogP) is 1.36. The Bertz CT molecular complexity index is 460. The van der Waals surface area contributed by atoms with Crippen LogP contribution in [0.3, 0.4) is 0 Å². The van der Waals surface area contributed by atoms with Crippen molar-refractivity contribution in [2.24, 2.45) is 0 Å². The van der Waals surface area contributed by atoms with E-state index in [2.05, 4.69) is 5.32 Å². The molecule has 0 saturated heterocycles. The van der Waals surface area contributed by atoms with Crippen molar-refractivity contribution in [1.29, 1.82) is 0 Å². The van der Waals surface area contributed by atoms with Gasteiger partial charge in [0, 0.05) is 27.1 Å². The first-order valence-corrected chi connectivity index (χ1v) is 6.67. The summed E-state index contributed by atoms with van der Waals surface area (Å²) in [4.78, 5) is 24.2. The van der Waals surface area contributed by atoms with Crippen molar-refractivity contribution >= 4 is 11.8 Å². The number of aryl methyl sites for hydroxylation is 1. The van der Waals surface area contributed by atoms with Crippen molar-refractivity contribution in [2.45, 2.75) is 20.3 Å². The molecule has 5 nitrogen and oxygen atoms in total. The van der Waals surface area contributed by atoms with Gasteiger partial charge in [-0.1, -0.05) is 18.2 Å².